The van der Waals surface area contributed by atoms with Crippen LogP contribution in [0.5, 0.6) is 0 Å². The molecule has 0 aliphatic heterocycles. The van der Waals surface area contributed by atoms with Gasteiger partial charge in [0, 0.05) is 24.8 Å². The monoisotopic (exact) mass is 414 g/mol. The summed E-state index contributed by atoms with van der Waals surface area (Å²) in [6.45, 7) is 3.25. The number of aromatic nitrogens is 3. The van der Waals surface area contributed by atoms with E-state index in [2.05, 4.69) is 10.1 Å². The Kier molecular flexibility index (Phi) is 5.26. The minimum Gasteiger partial charge on any atom is -0.347 e. The van der Waals surface area contributed by atoms with Gasteiger partial charge in [0.15, 0.2) is 0 Å². The van der Waals surface area contributed by atoms with Crippen LogP contribution in [0.4, 0.5) is 23.5 Å². The van der Waals surface area contributed by atoms with E-state index in [4.69, 9.17) is 10.7 Å². The fourth-order valence-corrected chi connectivity index (χ4v) is 3.49. The summed E-state index contributed by atoms with van der Waals surface area (Å²) in [4.78, 5) is 4.14. The lowest BCUT2D eigenvalue weighted by Gasteiger charge is -2.16. The van der Waals surface area contributed by atoms with Crippen LogP contribution >= 0.6 is 10.7 Å². The Morgan fingerprint density at radius 2 is 1.81 bits per heavy atom. The molecule has 0 aliphatic carbocycles. The number of rotatable bonds is 4. The Balaban J connectivity index is 2.83. The van der Waals surface area contributed by atoms with Crippen LogP contribution in [0, 0.1) is 5.82 Å². The number of benzene rings is 1. The van der Waals surface area contributed by atoms with Crippen molar-refractivity contribution in [2.24, 2.45) is 0 Å². The molecule has 0 saturated carbocycles. The topological polar surface area (TPSA) is 68.1 Å². The van der Waals surface area contributed by atoms with Crippen LogP contribution in [0.1, 0.15) is 31.2 Å². The van der Waals surface area contributed by atoms with Gasteiger partial charge in [-0.05, 0) is 23.6 Å². The number of halogens is 5. The summed E-state index contributed by atoms with van der Waals surface area (Å²) in [6.07, 6.45) is -4.86. The zero-order valence-corrected chi connectivity index (χ0v) is 15.7. The number of nitrogens with zero attached hydrogens (tertiary/aromatic N) is 4. The maximum absolute atomic E-state index is 14.6. The third kappa shape index (κ3) is 3.93. The highest BCUT2D eigenvalue weighted by atomic mass is 35.7. The highest BCUT2D eigenvalue weighted by molar-refractivity contribution is 8.13. The first-order chi connectivity index (χ1) is 11.7. The van der Waals surface area contributed by atoms with Gasteiger partial charge in [-0.2, -0.15) is 22.8 Å². The lowest BCUT2D eigenvalue weighted by molar-refractivity contribution is -0.144. The predicted molar refractivity (Wildman–Crippen MR) is 87.8 cm³/mol. The Morgan fingerprint density at radius 3 is 2.23 bits per heavy atom. The summed E-state index contributed by atoms with van der Waals surface area (Å²) in [5.41, 5.74) is -0.413. The van der Waals surface area contributed by atoms with Crippen LogP contribution in [0.15, 0.2) is 17.0 Å². The van der Waals surface area contributed by atoms with Crippen LogP contribution < -0.4 is 4.90 Å². The summed E-state index contributed by atoms with van der Waals surface area (Å²) in [5.74, 6) is -3.16. The molecule has 0 radical (unpaired) electrons. The average molecular weight is 415 g/mol. The van der Waals surface area contributed by atoms with Crippen molar-refractivity contribution in [3.05, 3.63) is 29.3 Å². The number of alkyl halides is 3. The quantitative estimate of drug-likeness (QED) is 0.565. The van der Waals surface area contributed by atoms with Gasteiger partial charge in [-0.15, -0.1) is 5.10 Å². The van der Waals surface area contributed by atoms with Crippen molar-refractivity contribution in [1.82, 2.24) is 14.8 Å². The molecule has 0 aliphatic rings. The molecule has 0 bridgehead atoms. The SMILES string of the molecule is CC(C)c1cc(F)c(-n2nc(C(F)(F)F)nc2N(C)C)cc1S(=O)(=O)Cl. The van der Waals surface area contributed by atoms with Crippen molar-refractivity contribution in [2.75, 3.05) is 19.0 Å². The Hall–Kier alpha value is -1.88. The molecule has 1 heterocycles. The van der Waals surface area contributed by atoms with E-state index < -0.39 is 43.4 Å². The summed E-state index contributed by atoms with van der Waals surface area (Å²) in [7, 11) is 3.92. The molecule has 0 saturated heterocycles. The molecule has 6 nitrogen and oxygen atoms in total. The van der Waals surface area contributed by atoms with Gasteiger partial charge in [-0.3, -0.25) is 0 Å². The van der Waals surface area contributed by atoms with E-state index in [1.165, 1.54) is 19.0 Å². The molecule has 1 aromatic heterocycles. The van der Waals surface area contributed by atoms with Crippen molar-refractivity contribution >= 4 is 25.7 Å². The highest BCUT2D eigenvalue weighted by Gasteiger charge is 2.38. The van der Waals surface area contributed by atoms with Crippen molar-refractivity contribution < 1.29 is 26.0 Å². The van der Waals surface area contributed by atoms with Crippen LogP contribution in [0.25, 0.3) is 5.69 Å². The summed E-state index contributed by atoms with van der Waals surface area (Å²) < 4.78 is 77.7. The molecule has 0 amide bonds. The lowest BCUT2D eigenvalue weighted by Crippen LogP contribution is -2.16. The number of anilines is 1. The fourth-order valence-electron chi connectivity index (χ4n) is 2.26. The summed E-state index contributed by atoms with van der Waals surface area (Å²) in [5, 5.41) is 3.29. The second-order valence-corrected chi connectivity index (χ2v) is 8.51. The first kappa shape index (κ1) is 20.4. The largest absolute Gasteiger partial charge is 0.453 e. The molecule has 26 heavy (non-hydrogen) atoms. The minimum atomic E-state index is -4.86. The molecule has 2 aromatic rings. The van der Waals surface area contributed by atoms with Gasteiger partial charge >= 0.3 is 6.18 Å². The summed E-state index contributed by atoms with van der Waals surface area (Å²) in [6, 6.07) is 1.78. The van der Waals surface area contributed by atoms with Crippen molar-refractivity contribution in [3.8, 4) is 5.69 Å². The second-order valence-electron chi connectivity index (χ2n) is 5.97. The van der Waals surface area contributed by atoms with E-state index in [-0.39, 0.29) is 11.5 Å². The fraction of sp³-hybridized carbons (Fsp3) is 0.429. The molecular weight excluding hydrogens is 400 g/mol. The van der Waals surface area contributed by atoms with Crippen molar-refractivity contribution in [1.29, 1.82) is 0 Å². The molecule has 144 valence electrons. The number of hydrogen-bond acceptors (Lipinski definition) is 5. The molecule has 2 rings (SSSR count). The summed E-state index contributed by atoms with van der Waals surface area (Å²) >= 11 is 0. The smallest absolute Gasteiger partial charge is 0.347 e. The van der Waals surface area contributed by atoms with Gasteiger partial charge in [0.2, 0.25) is 5.95 Å². The van der Waals surface area contributed by atoms with Crippen LogP contribution in [0.2, 0.25) is 0 Å². The molecule has 0 spiro atoms. The first-order valence-electron chi connectivity index (χ1n) is 7.23. The molecule has 0 N–H and O–H groups in total. The Bertz CT molecular complexity index is 939. The van der Waals surface area contributed by atoms with Gasteiger partial charge in [0.05, 0.1) is 4.90 Å². The molecule has 0 atom stereocenters. The van der Waals surface area contributed by atoms with Crippen molar-refractivity contribution in [2.45, 2.75) is 30.8 Å². The lowest BCUT2D eigenvalue weighted by atomic mass is 10.0. The predicted octanol–water partition coefficient (Wildman–Crippen LogP) is 3.54. The number of hydrogen-bond donors (Lipinski definition) is 0. The van der Waals surface area contributed by atoms with E-state index >= 15 is 0 Å². The van der Waals surface area contributed by atoms with E-state index in [1.807, 2.05) is 0 Å². The molecule has 0 fully saturated rings. The van der Waals surface area contributed by atoms with Gasteiger partial charge in [-0.1, -0.05) is 13.8 Å². The Labute approximate surface area is 151 Å². The standard InChI is InChI=1S/C14H15ClF4N4O2S/c1-7(2)8-5-9(16)10(6-11(8)26(15,24)25)23-13(22(3)4)20-12(21-23)14(17,18)19/h5-7H,1-4H3. The zero-order chi connectivity index (χ0) is 20.0. The van der Waals surface area contributed by atoms with E-state index in [1.54, 1.807) is 13.8 Å². The van der Waals surface area contributed by atoms with E-state index in [0.29, 0.717) is 4.68 Å². The zero-order valence-electron chi connectivity index (χ0n) is 14.1. The van der Waals surface area contributed by atoms with Gasteiger partial charge in [0.1, 0.15) is 11.5 Å². The third-order valence-electron chi connectivity index (χ3n) is 3.44. The second kappa shape index (κ2) is 6.69. The maximum Gasteiger partial charge on any atom is 0.453 e. The normalized spacial score (nSPS) is 12.7. The van der Waals surface area contributed by atoms with E-state index in [9.17, 15) is 26.0 Å². The van der Waals surface area contributed by atoms with Gasteiger partial charge in [0.25, 0.3) is 14.9 Å². The van der Waals surface area contributed by atoms with E-state index in [0.717, 1.165) is 12.1 Å². The molecule has 0 unspecified atom stereocenters. The van der Waals surface area contributed by atoms with Crippen molar-refractivity contribution in [3.63, 3.8) is 0 Å². The van der Waals surface area contributed by atoms with Gasteiger partial charge in [-0.25, -0.2) is 12.8 Å². The highest BCUT2D eigenvalue weighted by Crippen LogP contribution is 2.33. The Morgan fingerprint density at radius 1 is 1.23 bits per heavy atom. The molecule has 12 heteroatoms. The molecule has 1 aromatic carbocycles. The van der Waals surface area contributed by atoms with Crippen LogP contribution in [-0.4, -0.2) is 37.3 Å². The van der Waals surface area contributed by atoms with Crippen LogP contribution in [0.3, 0.4) is 0 Å². The molecular formula is C14H15ClF4N4O2S. The van der Waals surface area contributed by atoms with Gasteiger partial charge < -0.3 is 4.90 Å². The minimum absolute atomic E-state index is 0.101. The first-order valence-corrected chi connectivity index (χ1v) is 9.54. The van der Waals surface area contributed by atoms with Crippen LogP contribution in [-0.2, 0) is 15.2 Å². The average Bonchev–Trinajstić information content (AvgIpc) is 2.90. The maximum atomic E-state index is 14.6. The third-order valence-corrected chi connectivity index (χ3v) is 4.81.